The second kappa shape index (κ2) is 4.61. The highest BCUT2D eigenvalue weighted by atomic mass is 14.1. The summed E-state index contributed by atoms with van der Waals surface area (Å²) in [6.07, 6.45) is 2.05. The lowest BCUT2D eigenvalue weighted by molar-refractivity contribution is 1.53. The van der Waals surface area contributed by atoms with Crippen molar-refractivity contribution in [2.45, 2.75) is 6.92 Å². The highest BCUT2D eigenvalue weighted by Gasteiger charge is 2.01. The lowest BCUT2D eigenvalue weighted by atomic mass is 9.98. The number of benzene rings is 2. The Morgan fingerprint density at radius 3 is 1.67 bits per heavy atom. The van der Waals surface area contributed by atoms with E-state index < -0.39 is 0 Å². The van der Waals surface area contributed by atoms with Crippen LogP contribution in [0.3, 0.4) is 0 Å². The van der Waals surface area contributed by atoms with E-state index in [1.165, 1.54) is 0 Å². The van der Waals surface area contributed by atoms with Gasteiger partial charge in [0.05, 0.1) is 2.74 Å². The highest BCUT2D eigenvalue weighted by Crippen LogP contribution is 2.22. The van der Waals surface area contributed by atoms with Gasteiger partial charge in [-0.05, 0) is 23.6 Å². The van der Waals surface area contributed by atoms with Gasteiger partial charge in [-0.1, -0.05) is 66.7 Å². The minimum absolute atomic E-state index is 0.519. The number of rotatable bonds is 2. The molecule has 0 saturated carbocycles. The van der Waals surface area contributed by atoms with E-state index in [1.54, 1.807) is 24.3 Å². The van der Waals surface area contributed by atoms with Crippen molar-refractivity contribution >= 4 is 5.57 Å². The fourth-order valence-electron chi connectivity index (χ4n) is 1.63. The zero-order valence-electron chi connectivity index (χ0n) is 10.7. The smallest absolute Gasteiger partial charge is 0.0623 e. The molecule has 0 aliphatic heterocycles. The van der Waals surface area contributed by atoms with Gasteiger partial charge < -0.3 is 0 Å². The van der Waals surface area contributed by atoms with Crippen LogP contribution in [-0.4, -0.2) is 0 Å². The van der Waals surface area contributed by atoms with E-state index in [0.717, 1.165) is 16.7 Å². The van der Waals surface area contributed by atoms with Gasteiger partial charge in [0.2, 0.25) is 0 Å². The quantitative estimate of drug-likeness (QED) is 0.677. The van der Waals surface area contributed by atoms with Crippen molar-refractivity contribution in [1.82, 2.24) is 0 Å². The molecule has 0 amide bonds. The second-order valence-corrected chi connectivity index (χ2v) is 3.28. The molecule has 0 atom stereocenters. The minimum Gasteiger partial charge on any atom is -0.0792 e. The van der Waals surface area contributed by atoms with E-state index in [2.05, 4.69) is 6.08 Å². The molecular weight excluding hydrogens is 180 g/mol. The van der Waals surface area contributed by atoms with Crippen LogP contribution in [0.4, 0.5) is 0 Å². The summed E-state index contributed by atoms with van der Waals surface area (Å²) in [5.74, 6) is 0. The number of hydrogen-bond acceptors (Lipinski definition) is 0. The molecule has 0 heteroatoms. The third-order valence-electron chi connectivity index (χ3n) is 2.35. The third-order valence-corrected chi connectivity index (χ3v) is 2.35. The molecule has 0 aliphatic rings. The summed E-state index contributed by atoms with van der Waals surface area (Å²) in [5.41, 5.74) is 3.33. The van der Waals surface area contributed by atoms with Gasteiger partial charge in [-0.3, -0.25) is 0 Å². The Balaban J connectivity index is 2.41. The Hall–Kier alpha value is -1.82. The van der Waals surface area contributed by atoms with Gasteiger partial charge in [-0.2, -0.15) is 0 Å². The highest BCUT2D eigenvalue weighted by molar-refractivity contribution is 5.79. The van der Waals surface area contributed by atoms with Crippen molar-refractivity contribution in [3.63, 3.8) is 0 Å². The Morgan fingerprint density at radius 1 is 0.933 bits per heavy atom. The summed E-state index contributed by atoms with van der Waals surface area (Å²) in [4.78, 5) is 0. The predicted molar refractivity (Wildman–Crippen MR) is 65.6 cm³/mol. The molecule has 0 fully saturated rings. The van der Waals surface area contributed by atoms with Crippen molar-refractivity contribution in [2.75, 3.05) is 0 Å². The molecule has 2 aromatic carbocycles. The first-order chi connectivity index (χ1) is 8.20. The van der Waals surface area contributed by atoms with Gasteiger partial charge in [-0.25, -0.2) is 0 Å². The van der Waals surface area contributed by atoms with Crippen molar-refractivity contribution in [3.05, 3.63) is 77.8 Å². The average molecular weight is 196 g/mol. The molecule has 0 radical (unpaired) electrons. The summed E-state index contributed by atoms with van der Waals surface area (Å²) < 4.78 is 15.0. The van der Waals surface area contributed by atoms with E-state index in [4.69, 9.17) is 2.74 Å². The standard InChI is InChI=1S/C15H14/c1-2-15(13-9-5-3-6-10-13)14-11-7-4-8-12-14/h2-12H,1H3/i3D,4D. The molecule has 0 unspecified atom stereocenters. The molecule has 0 nitrogen and oxygen atoms in total. The summed E-state index contributed by atoms with van der Waals surface area (Å²) in [5, 5.41) is 0. The maximum absolute atomic E-state index is 7.48. The van der Waals surface area contributed by atoms with Gasteiger partial charge >= 0.3 is 0 Å². The van der Waals surface area contributed by atoms with Crippen LogP contribution in [-0.2, 0) is 0 Å². The molecular formula is C15H14. The SMILES string of the molecule is [2H]c1ccc(C(=CC)c2ccc([2H])cc2)cc1. The first-order valence-electron chi connectivity index (χ1n) is 6.01. The molecule has 0 N–H and O–H groups in total. The van der Waals surface area contributed by atoms with E-state index in [-0.39, 0.29) is 0 Å². The zero-order valence-corrected chi connectivity index (χ0v) is 8.70. The Morgan fingerprint density at radius 2 is 1.33 bits per heavy atom. The van der Waals surface area contributed by atoms with Gasteiger partial charge in [-0.15, -0.1) is 0 Å². The molecule has 0 bridgehead atoms. The molecule has 0 aromatic heterocycles. The van der Waals surface area contributed by atoms with Crippen molar-refractivity contribution in [2.24, 2.45) is 0 Å². The summed E-state index contributed by atoms with van der Waals surface area (Å²) >= 11 is 0. The van der Waals surface area contributed by atoms with Crippen LogP contribution < -0.4 is 0 Å². The average Bonchev–Trinajstić information content (AvgIpc) is 2.35. The molecule has 15 heavy (non-hydrogen) atoms. The van der Waals surface area contributed by atoms with Crippen LogP contribution in [0.25, 0.3) is 5.57 Å². The molecule has 74 valence electrons. The van der Waals surface area contributed by atoms with Crippen LogP contribution >= 0.6 is 0 Å². The molecule has 0 aliphatic carbocycles. The molecule has 0 saturated heterocycles. The largest absolute Gasteiger partial charge is 0.0792 e. The molecule has 2 rings (SSSR count). The minimum atomic E-state index is 0.519. The summed E-state index contributed by atoms with van der Waals surface area (Å²) in [6.45, 7) is 2.00. The fourth-order valence-corrected chi connectivity index (χ4v) is 1.63. The van der Waals surface area contributed by atoms with Crippen molar-refractivity contribution in [3.8, 4) is 0 Å². The van der Waals surface area contributed by atoms with Gasteiger partial charge in [0.25, 0.3) is 0 Å². The van der Waals surface area contributed by atoms with Crippen LogP contribution in [0, 0.1) is 0 Å². The first-order valence-corrected chi connectivity index (χ1v) is 5.01. The number of allylic oxidation sites excluding steroid dienone is 1. The van der Waals surface area contributed by atoms with Gasteiger partial charge in [0.15, 0.2) is 0 Å². The first kappa shape index (κ1) is 7.47. The van der Waals surface area contributed by atoms with Gasteiger partial charge in [0, 0.05) is 0 Å². The van der Waals surface area contributed by atoms with Crippen LogP contribution in [0.2, 0.25) is 0 Å². The van der Waals surface area contributed by atoms with Crippen LogP contribution in [0.1, 0.15) is 20.8 Å². The Kier molecular flexibility index (Phi) is 2.29. The maximum Gasteiger partial charge on any atom is 0.0623 e. The predicted octanol–water partition coefficient (Wildman–Crippen LogP) is 4.14. The lowest BCUT2D eigenvalue weighted by Crippen LogP contribution is -1.86. The Labute approximate surface area is 93.7 Å². The lowest BCUT2D eigenvalue weighted by Gasteiger charge is -2.06. The second-order valence-electron chi connectivity index (χ2n) is 3.28. The van der Waals surface area contributed by atoms with E-state index in [1.807, 2.05) is 31.2 Å². The zero-order chi connectivity index (χ0) is 12.3. The summed E-state index contributed by atoms with van der Waals surface area (Å²) in [6, 6.07) is 16.0. The van der Waals surface area contributed by atoms with Crippen molar-refractivity contribution < 1.29 is 2.74 Å². The third kappa shape index (κ3) is 2.16. The fraction of sp³-hybridized carbons (Fsp3) is 0.0667. The van der Waals surface area contributed by atoms with E-state index in [9.17, 15) is 0 Å². The normalized spacial score (nSPS) is 11.5. The van der Waals surface area contributed by atoms with E-state index in [0.29, 0.717) is 12.1 Å². The molecule has 2 aromatic rings. The topological polar surface area (TPSA) is 0 Å². The van der Waals surface area contributed by atoms with Crippen LogP contribution in [0.5, 0.6) is 0 Å². The van der Waals surface area contributed by atoms with Gasteiger partial charge in [0.1, 0.15) is 0 Å². The maximum atomic E-state index is 7.48. The number of hydrogen-bond donors (Lipinski definition) is 0. The monoisotopic (exact) mass is 196 g/mol. The van der Waals surface area contributed by atoms with Crippen molar-refractivity contribution in [1.29, 1.82) is 0 Å². The molecule has 0 heterocycles. The van der Waals surface area contributed by atoms with E-state index >= 15 is 0 Å². The van der Waals surface area contributed by atoms with Crippen LogP contribution in [0.15, 0.2) is 66.7 Å². The summed E-state index contributed by atoms with van der Waals surface area (Å²) in [7, 11) is 0. The molecule has 0 spiro atoms. The Bertz CT molecular complexity index is 474.